The van der Waals surface area contributed by atoms with Gasteiger partial charge < -0.3 is 10.6 Å². The molecule has 0 atom stereocenters. The second-order valence-corrected chi connectivity index (χ2v) is 4.90. The molecule has 0 heterocycles. The quantitative estimate of drug-likeness (QED) is 0.806. The van der Waals surface area contributed by atoms with Crippen LogP contribution in [0, 0.1) is 13.8 Å². The molecule has 2 N–H and O–H groups in total. The molecule has 2 amide bonds. The first-order valence-corrected chi connectivity index (χ1v) is 6.30. The Morgan fingerprint density at radius 3 is 2.59 bits per heavy atom. The maximum atomic E-state index is 11.8. The second-order valence-electron chi connectivity index (χ2n) is 4.90. The number of rotatable bonds is 2. The lowest BCUT2D eigenvalue weighted by atomic mass is 10.1. The molecule has 0 aromatic heterocycles. The number of amides is 2. The van der Waals surface area contributed by atoms with Crippen LogP contribution in [0.4, 0.5) is 10.5 Å². The number of carbonyl (C=O) groups is 1. The fourth-order valence-corrected chi connectivity index (χ4v) is 2.37. The van der Waals surface area contributed by atoms with Crippen molar-refractivity contribution in [1.82, 2.24) is 5.32 Å². The lowest BCUT2D eigenvalue weighted by molar-refractivity contribution is 0.248. The summed E-state index contributed by atoms with van der Waals surface area (Å²) < 4.78 is 0. The van der Waals surface area contributed by atoms with Crippen LogP contribution in [0.3, 0.4) is 0 Å². The smallest absolute Gasteiger partial charge is 0.319 e. The summed E-state index contributed by atoms with van der Waals surface area (Å²) in [6.45, 7) is 4.06. The van der Waals surface area contributed by atoms with Crippen molar-refractivity contribution < 1.29 is 4.79 Å². The summed E-state index contributed by atoms with van der Waals surface area (Å²) >= 11 is 0. The second kappa shape index (κ2) is 5.21. The van der Waals surface area contributed by atoms with Crippen molar-refractivity contribution in [3.63, 3.8) is 0 Å². The summed E-state index contributed by atoms with van der Waals surface area (Å²) in [5.41, 5.74) is 3.21. The molecule has 1 aromatic carbocycles. The summed E-state index contributed by atoms with van der Waals surface area (Å²) in [5, 5.41) is 5.93. The van der Waals surface area contributed by atoms with Crippen LogP contribution in [0.2, 0.25) is 0 Å². The first-order valence-electron chi connectivity index (χ1n) is 6.30. The van der Waals surface area contributed by atoms with Crippen molar-refractivity contribution in [3.8, 4) is 0 Å². The maximum Gasteiger partial charge on any atom is 0.319 e. The number of urea groups is 1. The monoisotopic (exact) mass is 232 g/mol. The zero-order valence-corrected chi connectivity index (χ0v) is 10.5. The number of hydrogen-bond donors (Lipinski definition) is 2. The van der Waals surface area contributed by atoms with E-state index in [-0.39, 0.29) is 6.03 Å². The van der Waals surface area contributed by atoms with E-state index in [0.717, 1.165) is 24.1 Å². The van der Waals surface area contributed by atoms with E-state index in [1.165, 1.54) is 18.4 Å². The van der Waals surface area contributed by atoms with Gasteiger partial charge in [0, 0.05) is 11.7 Å². The number of aryl methyl sites for hydroxylation is 2. The van der Waals surface area contributed by atoms with Crippen LogP contribution >= 0.6 is 0 Å². The van der Waals surface area contributed by atoms with Gasteiger partial charge in [-0.2, -0.15) is 0 Å². The van der Waals surface area contributed by atoms with Crippen LogP contribution in [-0.2, 0) is 0 Å². The third-order valence-corrected chi connectivity index (χ3v) is 3.32. The molecular formula is C14H20N2O. The van der Waals surface area contributed by atoms with Crippen LogP contribution in [0.1, 0.15) is 36.8 Å². The summed E-state index contributed by atoms with van der Waals surface area (Å²) in [6, 6.07) is 6.33. The van der Waals surface area contributed by atoms with E-state index in [0.29, 0.717) is 6.04 Å². The van der Waals surface area contributed by atoms with Crippen molar-refractivity contribution >= 4 is 11.7 Å². The van der Waals surface area contributed by atoms with Crippen molar-refractivity contribution in [1.29, 1.82) is 0 Å². The average Bonchev–Trinajstić information content (AvgIpc) is 2.75. The maximum absolute atomic E-state index is 11.8. The van der Waals surface area contributed by atoms with Crippen LogP contribution < -0.4 is 10.6 Å². The fourth-order valence-electron chi connectivity index (χ4n) is 2.37. The van der Waals surface area contributed by atoms with E-state index in [4.69, 9.17) is 0 Å². The van der Waals surface area contributed by atoms with Crippen LogP contribution in [-0.4, -0.2) is 12.1 Å². The van der Waals surface area contributed by atoms with Crippen LogP contribution in [0.15, 0.2) is 18.2 Å². The van der Waals surface area contributed by atoms with E-state index in [2.05, 4.69) is 23.6 Å². The van der Waals surface area contributed by atoms with Gasteiger partial charge in [0.15, 0.2) is 0 Å². The molecule has 17 heavy (non-hydrogen) atoms. The Morgan fingerprint density at radius 1 is 1.24 bits per heavy atom. The molecule has 0 spiro atoms. The molecule has 3 nitrogen and oxygen atoms in total. The van der Waals surface area contributed by atoms with E-state index >= 15 is 0 Å². The minimum Gasteiger partial charge on any atom is -0.335 e. The summed E-state index contributed by atoms with van der Waals surface area (Å²) in [4.78, 5) is 11.8. The van der Waals surface area contributed by atoms with Crippen LogP contribution in [0.5, 0.6) is 0 Å². The van der Waals surface area contributed by atoms with E-state index < -0.39 is 0 Å². The molecule has 1 aromatic rings. The van der Waals surface area contributed by atoms with E-state index in [1.807, 2.05) is 19.1 Å². The largest absolute Gasteiger partial charge is 0.335 e. The molecule has 0 radical (unpaired) electrons. The van der Waals surface area contributed by atoms with Gasteiger partial charge in [0.2, 0.25) is 0 Å². The van der Waals surface area contributed by atoms with Gasteiger partial charge in [-0.25, -0.2) is 4.79 Å². The highest BCUT2D eigenvalue weighted by molar-refractivity contribution is 5.90. The predicted molar refractivity (Wildman–Crippen MR) is 70.3 cm³/mol. The molecule has 1 aliphatic carbocycles. The molecule has 0 bridgehead atoms. The summed E-state index contributed by atoms with van der Waals surface area (Å²) in [5.74, 6) is 0. The third-order valence-electron chi connectivity index (χ3n) is 3.32. The van der Waals surface area contributed by atoms with Gasteiger partial charge in [0.25, 0.3) is 0 Å². The number of hydrogen-bond acceptors (Lipinski definition) is 1. The normalized spacial score (nSPS) is 15.9. The molecule has 1 aliphatic rings. The SMILES string of the molecule is Cc1ccc(NC(=O)NC2CCCC2)c(C)c1. The number of nitrogens with one attached hydrogen (secondary N) is 2. The average molecular weight is 232 g/mol. The van der Waals surface area contributed by atoms with Gasteiger partial charge in [-0.3, -0.25) is 0 Å². The Bertz CT molecular complexity index is 409. The molecule has 92 valence electrons. The highest BCUT2D eigenvalue weighted by atomic mass is 16.2. The number of anilines is 1. The Labute approximate surface area is 103 Å². The molecular weight excluding hydrogens is 212 g/mol. The van der Waals surface area contributed by atoms with Crippen molar-refractivity contribution in [3.05, 3.63) is 29.3 Å². The highest BCUT2D eigenvalue weighted by Crippen LogP contribution is 2.19. The van der Waals surface area contributed by atoms with Crippen molar-refractivity contribution in [2.45, 2.75) is 45.6 Å². The first-order chi connectivity index (χ1) is 8.15. The van der Waals surface area contributed by atoms with Gasteiger partial charge in [0.1, 0.15) is 0 Å². The lowest BCUT2D eigenvalue weighted by Crippen LogP contribution is -2.36. The predicted octanol–water partition coefficient (Wildman–Crippen LogP) is 3.37. The zero-order valence-electron chi connectivity index (χ0n) is 10.5. The summed E-state index contributed by atoms with van der Waals surface area (Å²) in [6.07, 6.45) is 4.68. The molecule has 2 rings (SSSR count). The van der Waals surface area contributed by atoms with Gasteiger partial charge >= 0.3 is 6.03 Å². The molecule has 3 heteroatoms. The van der Waals surface area contributed by atoms with Gasteiger partial charge in [0.05, 0.1) is 0 Å². The Morgan fingerprint density at radius 2 is 1.94 bits per heavy atom. The molecule has 1 saturated carbocycles. The minimum absolute atomic E-state index is 0.0798. The van der Waals surface area contributed by atoms with Crippen molar-refractivity contribution in [2.75, 3.05) is 5.32 Å². The van der Waals surface area contributed by atoms with Crippen molar-refractivity contribution in [2.24, 2.45) is 0 Å². The highest BCUT2D eigenvalue weighted by Gasteiger charge is 2.17. The minimum atomic E-state index is -0.0798. The van der Waals surface area contributed by atoms with Gasteiger partial charge in [-0.1, -0.05) is 30.5 Å². The van der Waals surface area contributed by atoms with E-state index in [1.54, 1.807) is 0 Å². The van der Waals surface area contributed by atoms with E-state index in [9.17, 15) is 4.79 Å². The molecule has 0 saturated heterocycles. The van der Waals surface area contributed by atoms with Crippen LogP contribution in [0.25, 0.3) is 0 Å². The molecule has 0 unspecified atom stereocenters. The zero-order chi connectivity index (χ0) is 12.3. The Balaban J connectivity index is 1.93. The summed E-state index contributed by atoms with van der Waals surface area (Å²) in [7, 11) is 0. The molecule has 1 fully saturated rings. The third kappa shape index (κ3) is 3.22. The standard InChI is InChI=1S/C14H20N2O/c1-10-7-8-13(11(2)9-10)16-14(17)15-12-5-3-4-6-12/h7-9,12H,3-6H2,1-2H3,(H2,15,16,17). The van der Waals surface area contributed by atoms with Gasteiger partial charge in [-0.15, -0.1) is 0 Å². The topological polar surface area (TPSA) is 41.1 Å². The Kier molecular flexibility index (Phi) is 3.67. The number of benzene rings is 1. The lowest BCUT2D eigenvalue weighted by Gasteiger charge is -2.14. The fraction of sp³-hybridized carbons (Fsp3) is 0.500. The van der Waals surface area contributed by atoms with Gasteiger partial charge in [-0.05, 0) is 38.3 Å². The Hall–Kier alpha value is -1.51. The molecule has 0 aliphatic heterocycles. The number of carbonyl (C=O) groups excluding carboxylic acids is 1. The first kappa shape index (κ1) is 12.0.